The maximum Gasteiger partial charge on any atom is 0.388 e. The molecule has 0 bridgehead atoms. The first-order valence-corrected chi connectivity index (χ1v) is 3.78. The minimum absolute atomic E-state index is 0. The molecule has 0 heterocycles. The number of hydrogen-bond donors (Lipinski definition) is 0. The smallest absolute Gasteiger partial charge is 0.388 e. The zero-order valence-electron chi connectivity index (χ0n) is 9.07. The van der Waals surface area contributed by atoms with Crippen LogP contribution in [-0.2, 0) is 19.5 Å². The third-order valence-electron chi connectivity index (χ3n) is 1.80. The van der Waals surface area contributed by atoms with E-state index in [-0.39, 0.29) is 44.3 Å². The molecule has 1 aromatic carbocycles. The van der Waals surface area contributed by atoms with E-state index in [1.807, 2.05) is 38.1 Å². The van der Waals surface area contributed by atoms with Crippen LogP contribution in [-0.4, -0.2) is 14.1 Å². The summed E-state index contributed by atoms with van der Waals surface area (Å²) in [7, 11) is 3.95. The second-order valence-corrected chi connectivity index (χ2v) is 2.97. The van der Waals surface area contributed by atoms with Crippen LogP contribution in [0.2, 0.25) is 0 Å². The van der Waals surface area contributed by atoms with Gasteiger partial charge in [0.25, 0.3) is 0 Å². The summed E-state index contributed by atoms with van der Waals surface area (Å²) in [5.41, 5.74) is 2.71. The molecule has 0 amide bonds. The van der Waals surface area contributed by atoms with Crippen LogP contribution in [0.3, 0.4) is 0 Å². The molecule has 0 atom stereocenters. The van der Waals surface area contributed by atoms with Gasteiger partial charge in [-0.3, -0.25) is 0 Å². The molecule has 1 rings (SSSR count). The van der Waals surface area contributed by atoms with Gasteiger partial charge in [0, 0.05) is 50.9 Å². The van der Waals surface area contributed by atoms with Crippen molar-refractivity contribution < 1.29 is 31.9 Å². The van der Waals surface area contributed by atoms with Crippen molar-refractivity contribution in [3.05, 3.63) is 28.7 Å². The number of halogens is 2. The molecule has 0 fully saturated rings. The average molecular weight is 300 g/mol. The number of benzene rings is 1. The van der Waals surface area contributed by atoms with Gasteiger partial charge < -0.3 is 17.3 Å². The first kappa shape index (κ1) is 20.1. The molecule has 0 N–H and O–H groups in total. The summed E-state index contributed by atoms with van der Waals surface area (Å²) < 4.78 is 0. The SMILES string of the molecule is Cc1cc(N(C)C)ccc1[N+]#N.Cl.[Cl-].[Zn]. The van der Waals surface area contributed by atoms with Gasteiger partial charge in [-0.1, -0.05) is 0 Å². The molecule has 0 radical (unpaired) electrons. The molecule has 0 aliphatic heterocycles. The largest absolute Gasteiger partial charge is 1.00 e. The molecule has 0 saturated carbocycles. The predicted octanol–water partition coefficient (Wildman–Crippen LogP) is -0.0311. The van der Waals surface area contributed by atoms with Crippen molar-refractivity contribution in [3.8, 4) is 0 Å². The molecule has 80 valence electrons. The Kier molecular flexibility index (Phi) is 11.9. The number of diazo groups is 1. The molecule has 0 saturated heterocycles. The Hall–Kier alpha value is -0.357. The molecule has 0 aliphatic rings. The Labute approximate surface area is 115 Å². The zero-order chi connectivity index (χ0) is 9.14. The third-order valence-corrected chi connectivity index (χ3v) is 1.80. The van der Waals surface area contributed by atoms with E-state index in [9.17, 15) is 0 Å². The van der Waals surface area contributed by atoms with Gasteiger partial charge in [0.05, 0.1) is 0 Å². The number of anilines is 1. The standard InChI is InChI=1S/C9H12N3.2ClH.Zn/c1-7-6-8(12(2)3)4-5-9(7)11-10;;;/h4-6H,1-3H3;2*1H;/q+1;;;/p-1. The summed E-state index contributed by atoms with van der Waals surface area (Å²) in [6.07, 6.45) is 0. The van der Waals surface area contributed by atoms with Gasteiger partial charge >= 0.3 is 5.69 Å². The van der Waals surface area contributed by atoms with Gasteiger partial charge in [0.15, 0.2) is 4.98 Å². The van der Waals surface area contributed by atoms with Crippen molar-refractivity contribution in [3.63, 3.8) is 0 Å². The Morgan fingerprint density at radius 3 is 2.13 bits per heavy atom. The Bertz CT molecular complexity index is 337. The van der Waals surface area contributed by atoms with Gasteiger partial charge in [-0.25, -0.2) is 0 Å². The van der Waals surface area contributed by atoms with E-state index in [0.717, 1.165) is 11.3 Å². The first-order chi connectivity index (χ1) is 5.65. The second kappa shape index (κ2) is 8.91. The van der Waals surface area contributed by atoms with Crippen LogP contribution in [0.5, 0.6) is 0 Å². The van der Waals surface area contributed by atoms with Crippen LogP contribution in [0.25, 0.3) is 4.98 Å². The zero-order valence-corrected chi connectivity index (χ0v) is 13.6. The number of aryl methyl sites for hydroxylation is 1. The summed E-state index contributed by atoms with van der Waals surface area (Å²) in [6, 6.07) is 5.70. The second-order valence-electron chi connectivity index (χ2n) is 2.97. The van der Waals surface area contributed by atoms with Crippen molar-refractivity contribution in [1.29, 1.82) is 5.39 Å². The first-order valence-electron chi connectivity index (χ1n) is 3.78. The van der Waals surface area contributed by atoms with Gasteiger partial charge in [-0.15, -0.1) is 12.4 Å². The van der Waals surface area contributed by atoms with E-state index in [2.05, 4.69) is 4.98 Å². The quantitative estimate of drug-likeness (QED) is 0.539. The van der Waals surface area contributed by atoms with E-state index in [1.165, 1.54) is 0 Å². The average Bonchev–Trinajstić information content (AvgIpc) is 2.04. The number of rotatable bonds is 1. The topological polar surface area (TPSA) is 31.4 Å². The minimum atomic E-state index is 0. The van der Waals surface area contributed by atoms with Crippen LogP contribution < -0.4 is 17.3 Å². The van der Waals surface area contributed by atoms with E-state index < -0.39 is 0 Å². The van der Waals surface area contributed by atoms with Crippen LogP contribution in [0.15, 0.2) is 18.2 Å². The molecule has 6 heteroatoms. The van der Waals surface area contributed by atoms with Gasteiger partial charge in [-0.2, -0.15) is 0 Å². The molecular formula is C9H13Cl2N3Zn. The molecular weight excluding hydrogens is 286 g/mol. The molecule has 0 unspecified atom stereocenters. The Morgan fingerprint density at radius 2 is 1.80 bits per heavy atom. The molecule has 15 heavy (non-hydrogen) atoms. The van der Waals surface area contributed by atoms with Crippen molar-refractivity contribution in [2.75, 3.05) is 19.0 Å². The van der Waals surface area contributed by atoms with E-state index in [4.69, 9.17) is 5.39 Å². The fraction of sp³-hybridized carbons (Fsp3) is 0.333. The molecule has 1 aromatic rings. The van der Waals surface area contributed by atoms with E-state index >= 15 is 0 Å². The number of nitrogens with zero attached hydrogens (tertiary/aromatic N) is 3. The Balaban J connectivity index is -0.000000480. The Morgan fingerprint density at radius 1 is 1.27 bits per heavy atom. The van der Waals surface area contributed by atoms with Crippen LogP contribution in [0.1, 0.15) is 5.56 Å². The van der Waals surface area contributed by atoms with Crippen molar-refractivity contribution in [1.82, 2.24) is 0 Å². The summed E-state index contributed by atoms with van der Waals surface area (Å²) in [4.78, 5) is 5.16. The maximum absolute atomic E-state index is 8.56. The van der Waals surface area contributed by atoms with Crippen LogP contribution in [0, 0.1) is 12.3 Å². The minimum Gasteiger partial charge on any atom is -1.00 e. The van der Waals surface area contributed by atoms with Crippen LogP contribution in [0.4, 0.5) is 11.4 Å². The van der Waals surface area contributed by atoms with Crippen molar-refractivity contribution in [2.24, 2.45) is 0 Å². The fourth-order valence-corrected chi connectivity index (χ4v) is 1.03. The normalized spacial score (nSPS) is 7.33. The molecule has 0 spiro atoms. The summed E-state index contributed by atoms with van der Waals surface area (Å²) >= 11 is 0. The van der Waals surface area contributed by atoms with Gasteiger partial charge in [0.1, 0.15) is 0 Å². The summed E-state index contributed by atoms with van der Waals surface area (Å²) in [6.45, 7) is 1.92. The number of hydrogen-bond acceptors (Lipinski definition) is 2. The molecule has 0 aliphatic carbocycles. The summed E-state index contributed by atoms with van der Waals surface area (Å²) in [5.74, 6) is 0. The van der Waals surface area contributed by atoms with Crippen molar-refractivity contribution in [2.45, 2.75) is 6.92 Å². The molecule has 3 nitrogen and oxygen atoms in total. The monoisotopic (exact) mass is 297 g/mol. The summed E-state index contributed by atoms with van der Waals surface area (Å²) in [5, 5.41) is 8.56. The maximum atomic E-state index is 8.56. The van der Waals surface area contributed by atoms with Crippen molar-refractivity contribution >= 4 is 23.8 Å². The fourth-order valence-electron chi connectivity index (χ4n) is 1.03. The van der Waals surface area contributed by atoms with E-state index in [1.54, 1.807) is 6.07 Å². The van der Waals surface area contributed by atoms with Gasteiger partial charge in [-0.05, 0) is 19.1 Å². The van der Waals surface area contributed by atoms with Gasteiger partial charge in [0.2, 0.25) is 5.39 Å². The molecule has 0 aromatic heterocycles. The third kappa shape index (κ3) is 5.32. The van der Waals surface area contributed by atoms with E-state index in [0.29, 0.717) is 5.69 Å². The predicted molar refractivity (Wildman–Crippen MR) is 57.5 cm³/mol. The van der Waals surface area contributed by atoms with Crippen LogP contribution >= 0.6 is 12.4 Å².